The maximum atomic E-state index is 9.56. The van der Waals surface area contributed by atoms with Gasteiger partial charge in [0.05, 0.1) is 7.11 Å². The Kier molecular flexibility index (Phi) is 6.47. The smallest absolute Gasteiger partial charge is 0.227 e. The van der Waals surface area contributed by atoms with E-state index in [2.05, 4.69) is 37.2 Å². The lowest BCUT2D eigenvalue weighted by atomic mass is 10.1. The largest absolute Gasteiger partial charge is 0.497 e. The molecular weight excluding hydrogens is 342 g/mol. The summed E-state index contributed by atoms with van der Waals surface area (Å²) in [5.74, 6) is 2.45. The summed E-state index contributed by atoms with van der Waals surface area (Å²) in [6.45, 7) is 5.55. The summed E-state index contributed by atoms with van der Waals surface area (Å²) < 4.78 is 5.34. The van der Waals surface area contributed by atoms with Crippen molar-refractivity contribution in [3.05, 3.63) is 41.6 Å². The molecular formula is C20H29N5O2. The molecule has 7 heteroatoms. The molecule has 0 radical (unpaired) electrons. The lowest BCUT2D eigenvalue weighted by molar-refractivity contribution is 0.135. The van der Waals surface area contributed by atoms with Crippen molar-refractivity contribution in [3.8, 4) is 5.75 Å². The molecule has 1 aromatic carbocycles. The number of hydrogen-bond acceptors (Lipinski definition) is 7. The average molecular weight is 371 g/mol. The van der Waals surface area contributed by atoms with Gasteiger partial charge >= 0.3 is 0 Å². The van der Waals surface area contributed by atoms with Gasteiger partial charge in [-0.1, -0.05) is 12.1 Å². The first-order valence-corrected chi connectivity index (χ1v) is 9.39. The fraction of sp³-hybridized carbons (Fsp3) is 0.500. The summed E-state index contributed by atoms with van der Waals surface area (Å²) in [6, 6.07) is 10.4. The number of aliphatic hydroxyl groups excluding tert-OH is 1. The quantitative estimate of drug-likeness (QED) is 0.770. The summed E-state index contributed by atoms with van der Waals surface area (Å²) in [5, 5.41) is 12.7. The third kappa shape index (κ3) is 4.87. The first-order valence-electron chi connectivity index (χ1n) is 9.39. The standard InChI is InChI=1S/C20H29N5O2/c1-15-11-19(21-2)23-20(22-15)25-9-8-24(17(14-25)7-10-26)13-16-5-4-6-18(12-16)27-3/h4-6,11-12,17,26H,7-10,13-14H2,1-3H3,(H,21,22,23)/t17-/m1/s1. The number of rotatable bonds is 7. The van der Waals surface area contributed by atoms with Crippen molar-refractivity contribution in [1.82, 2.24) is 14.9 Å². The minimum atomic E-state index is 0.170. The molecule has 0 bridgehead atoms. The fourth-order valence-corrected chi connectivity index (χ4v) is 3.53. The van der Waals surface area contributed by atoms with Crippen LogP contribution in [0.5, 0.6) is 5.75 Å². The Morgan fingerprint density at radius 1 is 1.26 bits per heavy atom. The van der Waals surface area contributed by atoms with Crippen molar-refractivity contribution in [2.24, 2.45) is 0 Å². The molecule has 3 rings (SSSR count). The van der Waals surface area contributed by atoms with E-state index in [0.29, 0.717) is 0 Å². The summed E-state index contributed by atoms with van der Waals surface area (Å²) in [4.78, 5) is 13.9. The number of hydrogen-bond donors (Lipinski definition) is 2. The van der Waals surface area contributed by atoms with Gasteiger partial charge in [0.2, 0.25) is 5.95 Å². The van der Waals surface area contributed by atoms with Gasteiger partial charge < -0.3 is 20.1 Å². The minimum Gasteiger partial charge on any atom is -0.497 e. The molecule has 0 unspecified atom stereocenters. The van der Waals surface area contributed by atoms with Crippen LogP contribution in [-0.4, -0.2) is 66.4 Å². The van der Waals surface area contributed by atoms with Crippen LogP contribution in [0.1, 0.15) is 17.7 Å². The fourth-order valence-electron chi connectivity index (χ4n) is 3.53. The Hall–Kier alpha value is -2.38. The molecule has 1 aromatic heterocycles. The van der Waals surface area contributed by atoms with Crippen LogP contribution < -0.4 is 15.0 Å². The molecule has 1 atom stereocenters. The third-order valence-corrected chi connectivity index (χ3v) is 4.97. The van der Waals surface area contributed by atoms with Crippen LogP contribution in [0.2, 0.25) is 0 Å². The number of nitrogens with zero attached hydrogens (tertiary/aromatic N) is 4. The molecule has 0 amide bonds. The Balaban J connectivity index is 1.73. The van der Waals surface area contributed by atoms with Crippen molar-refractivity contribution < 1.29 is 9.84 Å². The monoisotopic (exact) mass is 371 g/mol. The normalized spacial score (nSPS) is 17.8. The number of aryl methyl sites for hydroxylation is 1. The molecule has 1 fully saturated rings. The van der Waals surface area contributed by atoms with E-state index in [1.165, 1.54) is 5.56 Å². The van der Waals surface area contributed by atoms with E-state index in [1.807, 2.05) is 32.2 Å². The van der Waals surface area contributed by atoms with Gasteiger partial charge in [0.25, 0.3) is 0 Å². The molecule has 1 aliphatic heterocycles. The maximum Gasteiger partial charge on any atom is 0.227 e. The first kappa shape index (κ1) is 19.4. The van der Waals surface area contributed by atoms with Crippen LogP contribution >= 0.6 is 0 Å². The number of aliphatic hydroxyl groups is 1. The molecule has 146 valence electrons. The Bertz CT molecular complexity index is 755. The third-order valence-electron chi connectivity index (χ3n) is 4.97. The molecule has 27 heavy (non-hydrogen) atoms. The second kappa shape index (κ2) is 9.01. The van der Waals surface area contributed by atoms with Crippen LogP contribution in [-0.2, 0) is 6.54 Å². The second-order valence-electron chi connectivity index (χ2n) is 6.88. The van der Waals surface area contributed by atoms with E-state index in [1.54, 1.807) is 7.11 Å². The van der Waals surface area contributed by atoms with E-state index < -0.39 is 0 Å². The topological polar surface area (TPSA) is 73.8 Å². The Morgan fingerprint density at radius 3 is 2.85 bits per heavy atom. The van der Waals surface area contributed by atoms with Gasteiger partial charge in [-0.2, -0.15) is 4.98 Å². The zero-order chi connectivity index (χ0) is 19.2. The van der Waals surface area contributed by atoms with Crippen LogP contribution in [0, 0.1) is 6.92 Å². The zero-order valence-electron chi connectivity index (χ0n) is 16.4. The SMILES string of the molecule is CNc1cc(C)nc(N2CCN(Cc3cccc(OC)c3)[C@H](CCO)C2)n1. The molecule has 2 heterocycles. The van der Waals surface area contributed by atoms with Crippen LogP contribution in [0.4, 0.5) is 11.8 Å². The van der Waals surface area contributed by atoms with Crippen molar-refractivity contribution in [3.63, 3.8) is 0 Å². The highest BCUT2D eigenvalue weighted by Gasteiger charge is 2.28. The van der Waals surface area contributed by atoms with Gasteiger partial charge in [0, 0.05) is 57.6 Å². The predicted octanol–water partition coefficient (Wildman–Crippen LogP) is 1.91. The van der Waals surface area contributed by atoms with Crippen molar-refractivity contribution in [2.45, 2.75) is 25.9 Å². The minimum absolute atomic E-state index is 0.170. The van der Waals surface area contributed by atoms with Gasteiger partial charge in [-0.3, -0.25) is 4.90 Å². The van der Waals surface area contributed by atoms with Crippen molar-refractivity contribution >= 4 is 11.8 Å². The summed E-state index contributed by atoms with van der Waals surface area (Å²) >= 11 is 0. The van der Waals surface area contributed by atoms with E-state index in [4.69, 9.17) is 4.74 Å². The second-order valence-corrected chi connectivity index (χ2v) is 6.88. The van der Waals surface area contributed by atoms with Gasteiger partial charge in [0.15, 0.2) is 0 Å². The summed E-state index contributed by atoms with van der Waals surface area (Å²) in [6.07, 6.45) is 0.727. The van der Waals surface area contributed by atoms with Crippen molar-refractivity contribution in [2.75, 3.05) is 50.6 Å². The van der Waals surface area contributed by atoms with Gasteiger partial charge in [0.1, 0.15) is 11.6 Å². The average Bonchev–Trinajstić information content (AvgIpc) is 2.69. The van der Waals surface area contributed by atoms with E-state index in [9.17, 15) is 5.11 Å². The zero-order valence-corrected chi connectivity index (χ0v) is 16.4. The lowest BCUT2D eigenvalue weighted by Gasteiger charge is -2.41. The molecule has 2 aromatic rings. The highest BCUT2D eigenvalue weighted by Crippen LogP contribution is 2.22. The van der Waals surface area contributed by atoms with Gasteiger partial charge in [-0.25, -0.2) is 4.98 Å². The number of ether oxygens (including phenoxy) is 1. The molecule has 0 spiro atoms. The number of methoxy groups -OCH3 is 1. The van der Waals surface area contributed by atoms with Crippen molar-refractivity contribution in [1.29, 1.82) is 0 Å². The van der Waals surface area contributed by atoms with Gasteiger partial charge in [-0.15, -0.1) is 0 Å². The highest BCUT2D eigenvalue weighted by molar-refractivity contribution is 5.43. The molecule has 1 aliphatic rings. The molecule has 0 saturated carbocycles. The van der Waals surface area contributed by atoms with Crippen LogP contribution in [0.25, 0.3) is 0 Å². The summed E-state index contributed by atoms with van der Waals surface area (Å²) in [5.41, 5.74) is 2.16. The number of benzene rings is 1. The molecule has 7 nitrogen and oxygen atoms in total. The molecule has 0 aliphatic carbocycles. The van der Waals surface area contributed by atoms with Crippen LogP contribution in [0.15, 0.2) is 30.3 Å². The Morgan fingerprint density at radius 2 is 2.11 bits per heavy atom. The van der Waals surface area contributed by atoms with Gasteiger partial charge in [-0.05, 0) is 31.0 Å². The lowest BCUT2D eigenvalue weighted by Crippen LogP contribution is -2.53. The Labute approximate surface area is 161 Å². The predicted molar refractivity (Wildman–Crippen MR) is 107 cm³/mol. The van der Waals surface area contributed by atoms with E-state index in [-0.39, 0.29) is 12.6 Å². The number of nitrogens with one attached hydrogen (secondary N) is 1. The number of aromatic nitrogens is 2. The molecule has 1 saturated heterocycles. The van der Waals surface area contributed by atoms with Crippen LogP contribution in [0.3, 0.4) is 0 Å². The maximum absolute atomic E-state index is 9.56. The molecule has 2 N–H and O–H groups in total. The summed E-state index contributed by atoms with van der Waals surface area (Å²) in [7, 11) is 3.56. The highest BCUT2D eigenvalue weighted by atomic mass is 16.5. The first-order chi connectivity index (χ1) is 13.1. The van der Waals surface area contributed by atoms with E-state index >= 15 is 0 Å². The van der Waals surface area contributed by atoms with E-state index in [0.717, 1.165) is 55.8 Å². The number of anilines is 2. The number of piperazine rings is 1.